The van der Waals surface area contributed by atoms with Gasteiger partial charge in [-0.3, -0.25) is 9.36 Å². The van der Waals surface area contributed by atoms with E-state index in [-0.39, 0.29) is 19.1 Å². The molecule has 0 aromatic heterocycles. The fourth-order valence-electron chi connectivity index (χ4n) is 5.13. The highest BCUT2D eigenvalue weighted by Gasteiger charge is 2.23. The molecule has 252 valence electrons. The van der Waals surface area contributed by atoms with E-state index in [9.17, 15) is 19.4 Å². The highest BCUT2D eigenvalue weighted by molar-refractivity contribution is 7.45. The maximum atomic E-state index is 12.1. The third-order valence-electron chi connectivity index (χ3n) is 7.88. The lowest BCUT2D eigenvalue weighted by molar-refractivity contribution is -0.870. The Morgan fingerprint density at radius 1 is 0.738 bits per heavy atom. The SMILES string of the molecule is CCCCCCCCCCCCCCCCCCCCCCCC(O)C(COP(=O)([O-])OCC[N+](C)(C)C)NC(C)=O. The third-order valence-corrected chi connectivity index (χ3v) is 8.84. The Kier molecular flexibility index (Phi) is 26.5. The number of rotatable bonds is 31. The van der Waals surface area contributed by atoms with Crippen LogP contribution in [0.15, 0.2) is 0 Å². The van der Waals surface area contributed by atoms with Crippen LogP contribution in [0.1, 0.15) is 155 Å². The Morgan fingerprint density at radius 2 is 1.12 bits per heavy atom. The molecule has 0 heterocycles. The lowest BCUT2D eigenvalue weighted by Gasteiger charge is -2.29. The molecule has 0 fully saturated rings. The van der Waals surface area contributed by atoms with Crippen LogP contribution >= 0.6 is 7.82 Å². The number of carbonyl (C=O) groups is 1. The maximum Gasteiger partial charge on any atom is 0.268 e. The monoisotopic (exact) mass is 620 g/mol. The van der Waals surface area contributed by atoms with E-state index in [0.29, 0.717) is 17.4 Å². The van der Waals surface area contributed by atoms with Crippen LogP contribution in [0.4, 0.5) is 0 Å². The van der Waals surface area contributed by atoms with Crippen LogP contribution < -0.4 is 10.2 Å². The van der Waals surface area contributed by atoms with Crippen molar-refractivity contribution in [2.75, 3.05) is 40.9 Å². The molecule has 8 nitrogen and oxygen atoms in total. The molecule has 0 rings (SSSR count). The number of carbonyl (C=O) groups excluding carboxylic acids is 1. The zero-order valence-corrected chi connectivity index (χ0v) is 29.1. The minimum atomic E-state index is -4.51. The Hall–Kier alpha value is -0.500. The van der Waals surface area contributed by atoms with E-state index in [0.717, 1.165) is 19.3 Å². The van der Waals surface area contributed by atoms with Gasteiger partial charge in [0.15, 0.2) is 0 Å². The van der Waals surface area contributed by atoms with Gasteiger partial charge in [0, 0.05) is 6.92 Å². The van der Waals surface area contributed by atoms with Crippen molar-refractivity contribution >= 4 is 13.7 Å². The first-order chi connectivity index (χ1) is 20.0. The van der Waals surface area contributed by atoms with Gasteiger partial charge in [0.05, 0.1) is 39.9 Å². The van der Waals surface area contributed by atoms with E-state index in [1.807, 2.05) is 21.1 Å². The molecule has 0 aliphatic rings. The Morgan fingerprint density at radius 3 is 1.48 bits per heavy atom. The molecule has 0 saturated heterocycles. The van der Waals surface area contributed by atoms with Crippen molar-refractivity contribution in [3.63, 3.8) is 0 Å². The second kappa shape index (κ2) is 26.9. The van der Waals surface area contributed by atoms with E-state index in [1.165, 1.54) is 122 Å². The first-order valence-corrected chi connectivity index (χ1v) is 18.8. The van der Waals surface area contributed by atoms with Crippen molar-refractivity contribution < 1.29 is 32.9 Å². The highest BCUT2D eigenvalue weighted by Crippen LogP contribution is 2.38. The number of aliphatic hydroxyl groups is 1. The van der Waals surface area contributed by atoms with Crippen LogP contribution in [0.2, 0.25) is 0 Å². The number of phosphoric ester groups is 1. The third kappa shape index (κ3) is 29.6. The summed E-state index contributed by atoms with van der Waals surface area (Å²) in [6, 6.07) is -0.795. The molecule has 2 N–H and O–H groups in total. The molecule has 0 aliphatic carbocycles. The van der Waals surface area contributed by atoms with Crippen molar-refractivity contribution in [2.45, 2.75) is 167 Å². The van der Waals surface area contributed by atoms with Crippen molar-refractivity contribution in [2.24, 2.45) is 0 Å². The number of aliphatic hydroxyl groups excluding tert-OH is 1. The predicted molar refractivity (Wildman–Crippen MR) is 173 cm³/mol. The van der Waals surface area contributed by atoms with Gasteiger partial charge < -0.3 is 28.8 Å². The van der Waals surface area contributed by atoms with Crippen molar-refractivity contribution in [1.82, 2.24) is 5.32 Å². The molecule has 0 radical (unpaired) electrons. The normalized spacial score (nSPS) is 14.9. The topological polar surface area (TPSA) is 108 Å². The fourth-order valence-corrected chi connectivity index (χ4v) is 5.85. The summed E-state index contributed by atoms with van der Waals surface area (Å²) in [5.41, 5.74) is 0. The fraction of sp³-hybridized carbons (Fsp3) is 0.970. The summed E-state index contributed by atoms with van der Waals surface area (Å²) >= 11 is 0. The first-order valence-electron chi connectivity index (χ1n) is 17.3. The molecule has 0 aromatic rings. The second-order valence-electron chi connectivity index (χ2n) is 13.3. The van der Waals surface area contributed by atoms with Gasteiger partial charge in [-0.2, -0.15) is 0 Å². The minimum Gasteiger partial charge on any atom is -0.756 e. The van der Waals surface area contributed by atoms with Crippen LogP contribution in [-0.2, 0) is 18.4 Å². The highest BCUT2D eigenvalue weighted by atomic mass is 31.2. The number of amides is 1. The minimum absolute atomic E-state index is 0.0110. The van der Waals surface area contributed by atoms with Gasteiger partial charge in [-0.15, -0.1) is 0 Å². The molecule has 0 bridgehead atoms. The number of nitrogens with zero attached hydrogens (tertiary/aromatic N) is 1. The molecule has 0 aromatic carbocycles. The number of hydrogen-bond donors (Lipinski definition) is 2. The zero-order valence-electron chi connectivity index (χ0n) is 28.2. The summed E-state index contributed by atoms with van der Waals surface area (Å²) in [5.74, 6) is -0.340. The molecule has 3 unspecified atom stereocenters. The largest absolute Gasteiger partial charge is 0.756 e. The van der Waals surface area contributed by atoms with Crippen LogP contribution in [0.5, 0.6) is 0 Å². The van der Waals surface area contributed by atoms with Gasteiger partial charge in [0.2, 0.25) is 5.91 Å². The lowest BCUT2D eigenvalue weighted by Crippen LogP contribution is -2.45. The molecular formula is C33H69N2O6P. The Balaban J connectivity index is 3.73. The van der Waals surface area contributed by atoms with Gasteiger partial charge >= 0.3 is 0 Å². The van der Waals surface area contributed by atoms with Crippen LogP contribution in [0.3, 0.4) is 0 Å². The Bertz CT molecular complexity index is 673. The number of likely N-dealkylation sites (N-methyl/N-ethyl adjacent to an activating group) is 1. The summed E-state index contributed by atoms with van der Waals surface area (Å²) in [7, 11) is 1.30. The van der Waals surface area contributed by atoms with Crippen LogP contribution in [0.25, 0.3) is 0 Å². The van der Waals surface area contributed by atoms with Crippen molar-refractivity contribution in [3.05, 3.63) is 0 Å². The van der Waals surface area contributed by atoms with E-state index in [2.05, 4.69) is 12.2 Å². The van der Waals surface area contributed by atoms with Gasteiger partial charge in [0.25, 0.3) is 7.82 Å². The average Bonchev–Trinajstić information content (AvgIpc) is 2.90. The molecule has 0 aliphatic heterocycles. The first kappa shape index (κ1) is 41.5. The van der Waals surface area contributed by atoms with Crippen LogP contribution in [-0.4, -0.2) is 68.5 Å². The number of nitrogens with one attached hydrogen (secondary N) is 1. The predicted octanol–water partition coefficient (Wildman–Crippen LogP) is 7.66. The molecule has 0 saturated carbocycles. The summed E-state index contributed by atoms with van der Waals surface area (Å²) in [5, 5.41) is 13.2. The van der Waals surface area contributed by atoms with E-state index in [1.54, 1.807) is 0 Å². The van der Waals surface area contributed by atoms with Gasteiger partial charge in [-0.1, -0.05) is 142 Å². The zero-order chi connectivity index (χ0) is 31.5. The van der Waals surface area contributed by atoms with Gasteiger partial charge in [-0.25, -0.2) is 0 Å². The average molecular weight is 621 g/mol. The quantitative estimate of drug-likeness (QED) is 0.0468. The summed E-state index contributed by atoms with van der Waals surface area (Å²) in [6.07, 6.45) is 27.3. The molecule has 1 amide bonds. The maximum absolute atomic E-state index is 12.1. The lowest BCUT2D eigenvalue weighted by atomic mass is 10.0. The number of phosphoric acid groups is 1. The molecular weight excluding hydrogens is 551 g/mol. The number of quaternary nitrogens is 1. The molecule has 42 heavy (non-hydrogen) atoms. The second-order valence-corrected chi connectivity index (χ2v) is 14.7. The molecule has 9 heteroatoms. The standard InChI is InChI=1S/C33H69N2O6P/c1-6-7-8-9-10-11-12-13-14-15-16-17-18-19-20-21-22-23-24-25-26-27-33(37)32(34-31(2)36)30-41-42(38,39)40-29-28-35(3,4)5/h32-33,37H,6-30H2,1-5H3,(H-,34,36,38,39). The van der Waals surface area contributed by atoms with E-state index < -0.39 is 20.0 Å². The summed E-state index contributed by atoms with van der Waals surface area (Å²) in [6.45, 7) is 3.79. The summed E-state index contributed by atoms with van der Waals surface area (Å²) in [4.78, 5) is 23.6. The smallest absolute Gasteiger partial charge is 0.268 e. The van der Waals surface area contributed by atoms with E-state index >= 15 is 0 Å². The molecule has 3 atom stereocenters. The van der Waals surface area contributed by atoms with Crippen molar-refractivity contribution in [3.8, 4) is 0 Å². The van der Waals surface area contributed by atoms with Crippen LogP contribution in [0, 0.1) is 0 Å². The van der Waals surface area contributed by atoms with E-state index in [4.69, 9.17) is 9.05 Å². The van der Waals surface area contributed by atoms with Gasteiger partial charge in [-0.05, 0) is 6.42 Å². The Labute approximate surface area is 259 Å². The summed E-state index contributed by atoms with van der Waals surface area (Å²) < 4.78 is 22.5. The number of hydrogen-bond acceptors (Lipinski definition) is 6. The van der Waals surface area contributed by atoms with Gasteiger partial charge in [0.1, 0.15) is 13.2 Å². The molecule has 0 spiro atoms. The van der Waals surface area contributed by atoms with Crippen molar-refractivity contribution in [1.29, 1.82) is 0 Å². The number of unbranched alkanes of at least 4 members (excludes halogenated alkanes) is 20.